The normalized spacial score (nSPS) is 14.1. The Bertz CT molecular complexity index is 2440. The first-order chi connectivity index (χ1) is 28.8. The highest BCUT2D eigenvalue weighted by atomic mass is 79.9. The van der Waals surface area contributed by atoms with Crippen LogP contribution in [0.3, 0.4) is 0 Å². The third-order valence-corrected chi connectivity index (χ3v) is 11.8. The quantitative estimate of drug-likeness (QED) is 0.0684. The fourth-order valence-electron chi connectivity index (χ4n) is 6.66. The summed E-state index contributed by atoms with van der Waals surface area (Å²) in [4.78, 5) is 39.7. The molecule has 3 aromatic heterocycles. The Morgan fingerprint density at radius 2 is 0.900 bits per heavy atom. The van der Waals surface area contributed by atoms with Gasteiger partial charge in [-0.25, -0.2) is 9.97 Å². The van der Waals surface area contributed by atoms with E-state index in [9.17, 15) is 9.59 Å². The first kappa shape index (κ1) is 42.6. The molecule has 5 heterocycles. The molecule has 14 heteroatoms. The molecule has 4 atom stereocenters. The number of carbonyl (C=O) groups is 2. The van der Waals surface area contributed by atoms with Crippen LogP contribution in [0.2, 0.25) is 0 Å². The number of rotatable bonds is 16. The molecule has 0 saturated carbocycles. The predicted molar refractivity (Wildman–Crippen MR) is 240 cm³/mol. The SMILES string of the molecule is CC(OCCC(C)C(=O)O)Oc1ccc(-c2c3nc(c(Br)c4ccc([nH]4)c(-c4ccc(OC(C)OCCC(C)C(=O)O)cc4)c4nc(c(Br)c5ccc2[nH]5)C=C4)C=C3)cc1. The van der Waals surface area contributed by atoms with Crippen molar-refractivity contribution in [3.05, 3.63) is 105 Å². The zero-order valence-electron chi connectivity index (χ0n) is 33.4. The van der Waals surface area contributed by atoms with Crippen molar-refractivity contribution in [2.24, 2.45) is 11.8 Å². The van der Waals surface area contributed by atoms with E-state index >= 15 is 0 Å². The molecule has 2 aromatic carbocycles. The Kier molecular flexibility index (Phi) is 13.3. The summed E-state index contributed by atoms with van der Waals surface area (Å²) in [5, 5.41) is 18.3. The molecule has 0 radical (unpaired) electrons. The number of hydrogen-bond acceptors (Lipinski definition) is 8. The van der Waals surface area contributed by atoms with Gasteiger partial charge in [-0.2, -0.15) is 0 Å². The van der Waals surface area contributed by atoms with Crippen molar-refractivity contribution in [3.63, 3.8) is 0 Å². The fourth-order valence-corrected chi connectivity index (χ4v) is 7.57. The van der Waals surface area contributed by atoms with Crippen molar-refractivity contribution >= 4 is 90.2 Å². The Labute approximate surface area is 363 Å². The summed E-state index contributed by atoms with van der Waals surface area (Å²) >= 11 is 7.69. The minimum absolute atomic E-state index is 0.273. The van der Waals surface area contributed by atoms with E-state index in [0.717, 1.165) is 76.0 Å². The van der Waals surface area contributed by atoms with Gasteiger partial charge >= 0.3 is 11.9 Å². The van der Waals surface area contributed by atoms with Crippen LogP contribution in [0.1, 0.15) is 63.3 Å². The number of nitrogens with one attached hydrogen (secondary N) is 2. The maximum absolute atomic E-state index is 11.2. The lowest BCUT2D eigenvalue weighted by Gasteiger charge is -2.16. The first-order valence-electron chi connectivity index (χ1n) is 19.5. The third kappa shape index (κ3) is 9.90. The minimum Gasteiger partial charge on any atom is -0.481 e. The third-order valence-electron chi connectivity index (χ3n) is 10.2. The molecule has 5 aromatic rings. The second-order valence-corrected chi connectivity index (χ2v) is 16.2. The number of hydrogen-bond donors (Lipinski definition) is 4. The van der Waals surface area contributed by atoms with Crippen LogP contribution in [0.4, 0.5) is 0 Å². The fraction of sp³-hybridized carbons (Fsp3) is 0.261. The van der Waals surface area contributed by atoms with Crippen LogP contribution in [0, 0.1) is 11.8 Å². The molecule has 0 spiro atoms. The van der Waals surface area contributed by atoms with E-state index in [1.54, 1.807) is 27.7 Å². The molecule has 2 aliphatic rings. The first-order valence-corrected chi connectivity index (χ1v) is 21.1. The second-order valence-electron chi connectivity index (χ2n) is 14.6. The molecule has 4 unspecified atom stereocenters. The predicted octanol–water partition coefficient (Wildman–Crippen LogP) is 11.2. The van der Waals surface area contributed by atoms with Crippen LogP contribution in [-0.2, 0) is 19.1 Å². The lowest BCUT2D eigenvalue weighted by Crippen LogP contribution is -2.19. The van der Waals surface area contributed by atoms with Gasteiger partial charge in [-0.05, 0) is 143 Å². The summed E-state index contributed by atoms with van der Waals surface area (Å²) in [6.45, 7) is 7.43. The number of carboxylic acid groups (broad SMARTS) is 2. The summed E-state index contributed by atoms with van der Waals surface area (Å²) in [5.41, 5.74) is 10.00. The minimum atomic E-state index is -0.851. The Hall–Kier alpha value is -5.54. The maximum Gasteiger partial charge on any atom is 0.306 e. The Balaban J connectivity index is 1.24. The maximum atomic E-state index is 11.2. The smallest absolute Gasteiger partial charge is 0.306 e. The number of benzene rings is 2. The number of ether oxygens (including phenoxy) is 4. The monoisotopic (exact) mass is 938 g/mol. The Morgan fingerprint density at radius 3 is 1.27 bits per heavy atom. The molecular formula is C46H44Br2N4O8. The summed E-state index contributed by atoms with van der Waals surface area (Å²) in [6.07, 6.45) is 7.63. The van der Waals surface area contributed by atoms with Crippen LogP contribution >= 0.6 is 31.9 Å². The van der Waals surface area contributed by atoms with Gasteiger partial charge in [-0.3, -0.25) is 9.59 Å². The van der Waals surface area contributed by atoms with Crippen LogP contribution in [0.15, 0.2) is 81.7 Å². The molecule has 60 heavy (non-hydrogen) atoms. The average molecular weight is 941 g/mol. The lowest BCUT2D eigenvalue weighted by molar-refractivity contribution is -0.143. The number of H-pyrrole nitrogens is 2. The van der Waals surface area contributed by atoms with Crippen molar-refractivity contribution in [3.8, 4) is 33.8 Å². The molecule has 8 bridgehead atoms. The van der Waals surface area contributed by atoms with Crippen molar-refractivity contribution < 1.29 is 38.7 Å². The van der Waals surface area contributed by atoms with Gasteiger partial charge in [-0.15, -0.1) is 0 Å². The standard InChI is InChI=1S/C46H44Br2N4O8/c1-25(45(53)54)21-23-57-27(3)59-31-9-5-29(6-10-31)41-33-13-17-37(49-33)43(47)39-19-15-35(51-39)42(36-16-20-40(52-36)44(48)38-18-14-34(41)50-38)30-7-11-32(12-8-30)60-28(4)58-24-22-26(2)46(55)56/h5-20,25-28,49,52H,21-24H2,1-4H3,(H,53,54)(H,55,56). The van der Waals surface area contributed by atoms with Gasteiger partial charge in [0.1, 0.15) is 11.5 Å². The van der Waals surface area contributed by atoms with Gasteiger partial charge in [0.15, 0.2) is 12.6 Å². The summed E-state index contributed by atoms with van der Waals surface area (Å²) in [6, 6.07) is 23.5. The summed E-state index contributed by atoms with van der Waals surface area (Å²) in [5.74, 6) is -1.46. The van der Waals surface area contributed by atoms with Gasteiger partial charge in [0.25, 0.3) is 0 Å². The van der Waals surface area contributed by atoms with E-state index in [0.29, 0.717) is 24.3 Å². The van der Waals surface area contributed by atoms with Crippen molar-refractivity contribution in [1.82, 2.24) is 19.9 Å². The van der Waals surface area contributed by atoms with Gasteiger partial charge in [0.05, 0.1) is 67.8 Å². The largest absolute Gasteiger partial charge is 0.481 e. The van der Waals surface area contributed by atoms with Crippen LogP contribution < -0.4 is 9.47 Å². The van der Waals surface area contributed by atoms with Crippen LogP contribution in [0.25, 0.3) is 68.6 Å². The molecule has 12 nitrogen and oxygen atoms in total. The topological polar surface area (TPSA) is 169 Å². The summed E-state index contributed by atoms with van der Waals surface area (Å²) < 4.78 is 25.0. The number of carboxylic acids is 2. The number of fused-ring (bicyclic) bond motifs is 8. The van der Waals surface area contributed by atoms with Gasteiger partial charge in [0, 0.05) is 22.2 Å². The van der Waals surface area contributed by atoms with E-state index in [4.69, 9.17) is 39.1 Å². The lowest BCUT2D eigenvalue weighted by atomic mass is 10.0. The molecule has 0 amide bonds. The molecule has 4 N–H and O–H groups in total. The zero-order chi connectivity index (χ0) is 42.5. The van der Waals surface area contributed by atoms with Gasteiger partial charge in [0.2, 0.25) is 0 Å². The van der Waals surface area contributed by atoms with Crippen molar-refractivity contribution in [2.45, 2.75) is 53.1 Å². The molecule has 7 rings (SSSR count). The van der Waals surface area contributed by atoms with E-state index in [1.807, 2.05) is 97.1 Å². The zero-order valence-corrected chi connectivity index (χ0v) is 36.5. The average Bonchev–Trinajstić information content (AvgIpc) is 4.07. The van der Waals surface area contributed by atoms with E-state index in [1.165, 1.54) is 0 Å². The van der Waals surface area contributed by atoms with Crippen LogP contribution in [-0.4, -0.2) is 67.9 Å². The van der Waals surface area contributed by atoms with Crippen LogP contribution in [0.5, 0.6) is 11.5 Å². The number of halogens is 2. The molecule has 0 aliphatic carbocycles. The van der Waals surface area contributed by atoms with E-state index < -0.39 is 36.4 Å². The number of aromatic nitrogens is 4. The van der Waals surface area contributed by atoms with E-state index in [2.05, 4.69) is 41.8 Å². The molecule has 310 valence electrons. The number of aliphatic carboxylic acids is 2. The second kappa shape index (κ2) is 18.8. The van der Waals surface area contributed by atoms with E-state index in [-0.39, 0.29) is 13.2 Å². The highest BCUT2D eigenvalue weighted by Crippen LogP contribution is 2.37. The molecular weight excluding hydrogens is 896 g/mol. The van der Waals surface area contributed by atoms with Crippen molar-refractivity contribution in [2.75, 3.05) is 13.2 Å². The van der Waals surface area contributed by atoms with Gasteiger partial charge in [-0.1, -0.05) is 38.1 Å². The number of nitrogens with zero attached hydrogens (tertiary/aromatic N) is 2. The highest BCUT2D eigenvalue weighted by molar-refractivity contribution is 9.11. The van der Waals surface area contributed by atoms with Gasteiger partial charge < -0.3 is 39.1 Å². The molecule has 0 fully saturated rings. The van der Waals surface area contributed by atoms with Crippen molar-refractivity contribution in [1.29, 1.82) is 0 Å². The highest BCUT2D eigenvalue weighted by Gasteiger charge is 2.18. The molecule has 2 aliphatic heterocycles. The molecule has 0 saturated heterocycles. The Morgan fingerprint density at radius 1 is 0.550 bits per heavy atom. The number of aromatic amines is 2. The summed E-state index contributed by atoms with van der Waals surface area (Å²) in [7, 11) is 0.